The highest BCUT2D eigenvalue weighted by Gasteiger charge is 2.41. The van der Waals surface area contributed by atoms with Crippen LogP contribution in [0.2, 0.25) is 0 Å². The zero-order valence-corrected chi connectivity index (χ0v) is 11.8. The fourth-order valence-electron chi connectivity index (χ4n) is 3.27. The lowest BCUT2D eigenvalue weighted by molar-refractivity contribution is 0.0968. The number of hydrogen-bond acceptors (Lipinski definition) is 3. The second-order valence-electron chi connectivity index (χ2n) is 6.25. The van der Waals surface area contributed by atoms with Crippen LogP contribution >= 0.6 is 0 Å². The van der Waals surface area contributed by atoms with Crippen molar-refractivity contribution in [3.8, 4) is 0 Å². The largest absolute Gasteiger partial charge is 0.329 e. The molecule has 2 rings (SSSR count). The van der Waals surface area contributed by atoms with Gasteiger partial charge in [0.25, 0.3) is 0 Å². The zero-order chi connectivity index (χ0) is 12.5. The Morgan fingerprint density at radius 2 is 2.00 bits per heavy atom. The molecule has 2 N–H and O–H groups in total. The fraction of sp³-hybridized carbons (Fsp3) is 1.00. The van der Waals surface area contributed by atoms with Crippen molar-refractivity contribution < 1.29 is 0 Å². The summed E-state index contributed by atoms with van der Waals surface area (Å²) in [5.74, 6) is 0. The van der Waals surface area contributed by atoms with Gasteiger partial charge in [0, 0.05) is 30.7 Å². The summed E-state index contributed by atoms with van der Waals surface area (Å²) in [6.45, 7) is 7.90. The molecule has 1 saturated heterocycles. The van der Waals surface area contributed by atoms with Crippen LogP contribution in [0.15, 0.2) is 0 Å². The van der Waals surface area contributed by atoms with Gasteiger partial charge in [-0.15, -0.1) is 0 Å². The van der Waals surface area contributed by atoms with Crippen molar-refractivity contribution in [3.05, 3.63) is 0 Å². The minimum absolute atomic E-state index is 0.283. The van der Waals surface area contributed by atoms with Gasteiger partial charge < -0.3 is 10.6 Å². The smallest absolute Gasteiger partial charge is 0.0344 e. The molecule has 3 heteroatoms. The van der Waals surface area contributed by atoms with Crippen molar-refractivity contribution in [2.45, 2.75) is 63.6 Å². The van der Waals surface area contributed by atoms with E-state index in [0.717, 1.165) is 12.6 Å². The van der Waals surface area contributed by atoms with Gasteiger partial charge in [-0.3, -0.25) is 4.90 Å². The van der Waals surface area contributed by atoms with Crippen LogP contribution in [0.5, 0.6) is 0 Å². The summed E-state index contributed by atoms with van der Waals surface area (Å²) in [5.41, 5.74) is 6.42. The Balaban J connectivity index is 2.02. The molecule has 1 atom stereocenters. The molecule has 0 bridgehead atoms. The van der Waals surface area contributed by atoms with Gasteiger partial charge in [-0.25, -0.2) is 0 Å². The number of hydrogen-bond donors (Lipinski definition) is 1. The van der Waals surface area contributed by atoms with Crippen LogP contribution in [0.25, 0.3) is 0 Å². The van der Waals surface area contributed by atoms with Crippen molar-refractivity contribution in [2.24, 2.45) is 5.73 Å². The Labute approximate surface area is 106 Å². The topological polar surface area (TPSA) is 32.5 Å². The van der Waals surface area contributed by atoms with Gasteiger partial charge >= 0.3 is 0 Å². The molecule has 0 radical (unpaired) electrons. The molecule has 17 heavy (non-hydrogen) atoms. The van der Waals surface area contributed by atoms with E-state index in [9.17, 15) is 0 Å². The van der Waals surface area contributed by atoms with Gasteiger partial charge in [-0.2, -0.15) is 0 Å². The molecule has 0 amide bonds. The standard InChI is InChI=1S/C14H29N3/c1-12(2)17-9-4-7-14(11-15,8-10-17)16(3)13-5-6-13/h12-13H,4-11,15H2,1-3H3. The van der Waals surface area contributed by atoms with E-state index < -0.39 is 0 Å². The molecule has 1 unspecified atom stereocenters. The molecule has 0 aromatic rings. The molecule has 1 heterocycles. The lowest BCUT2D eigenvalue weighted by atomic mass is 9.88. The maximum Gasteiger partial charge on any atom is 0.0344 e. The first-order valence-electron chi connectivity index (χ1n) is 7.26. The van der Waals surface area contributed by atoms with Crippen LogP contribution in [-0.2, 0) is 0 Å². The normalized spacial score (nSPS) is 32.1. The van der Waals surface area contributed by atoms with Gasteiger partial charge in [-0.1, -0.05) is 0 Å². The van der Waals surface area contributed by atoms with Gasteiger partial charge in [0.2, 0.25) is 0 Å². The maximum absolute atomic E-state index is 6.14. The first-order chi connectivity index (χ1) is 8.09. The average Bonchev–Trinajstić information content (AvgIpc) is 3.14. The molecular formula is C14H29N3. The van der Waals surface area contributed by atoms with Gasteiger partial charge in [0.1, 0.15) is 0 Å². The highest BCUT2D eigenvalue weighted by atomic mass is 15.2. The molecule has 1 aliphatic heterocycles. The third-order valence-electron chi connectivity index (χ3n) is 4.90. The summed E-state index contributed by atoms with van der Waals surface area (Å²) in [4.78, 5) is 5.22. The lowest BCUT2D eigenvalue weighted by Gasteiger charge is -2.41. The first kappa shape index (κ1) is 13.3. The average molecular weight is 239 g/mol. The maximum atomic E-state index is 6.14. The Morgan fingerprint density at radius 1 is 1.29 bits per heavy atom. The quantitative estimate of drug-likeness (QED) is 0.810. The van der Waals surface area contributed by atoms with E-state index in [2.05, 4.69) is 30.7 Å². The number of nitrogens with two attached hydrogens (primary N) is 1. The van der Waals surface area contributed by atoms with Crippen molar-refractivity contribution in [1.29, 1.82) is 0 Å². The summed E-state index contributed by atoms with van der Waals surface area (Å²) in [7, 11) is 2.30. The van der Waals surface area contributed by atoms with Gasteiger partial charge in [0.05, 0.1) is 0 Å². The lowest BCUT2D eigenvalue weighted by Crippen LogP contribution is -2.53. The van der Waals surface area contributed by atoms with Crippen molar-refractivity contribution in [3.63, 3.8) is 0 Å². The van der Waals surface area contributed by atoms with E-state index in [0.29, 0.717) is 6.04 Å². The molecule has 3 nitrogen and oxygen atoms in total. The van der Waals surface area contributed by atoms with Gasteiger partial charge in [0.15, 0.2) is 0 Å². The SMILES string of the molecule is CC(C)N1CCCC(CN)(N(C)C2CC2)CC1. The predicted octanol–water partition coefficient (Wildman–Crippen LogP) is 1.67. The van der Waals surface area contributed by atoms with E-state index >= 15 is 0 Å². The fourth-order valence-corrected chi connectivity index (χ4v) is 3.27. The zero-order valence-electron chi connectivity index (χ0n) is 11.8. The number of likely N-dealkylation sites (N-methyl/N-ethyl adjacent to an activating group) is 1. The molecule has 2 fully saturated rings. The Hall–Kier alpha value is -0.120. The van der Waals surface area contributed by atoms with Crippen LogP contribution in [0.4, 0.5) is 0 Å². The summed E-state index contributed by atoms with van der Waals surface area (Å²) in [6.07, 6.45) is 6.58. The molecule has 1 saturated carbocycles. The van der Waals surface area contributed by atoms with E-state index in [4.69, 9.17) is 5.73 Å². The monoisotopic (exact) mass is 239 g/mol. The van der Waals surface area contributed by atoms with Crippen LogP contribution < -0.4 is 5.73 Å². The van der Waals surface area contributed by atoms with Crippen molar-refractivity contribution >= 4 is 0 Å². The Bertz CT molecular complexity index is 250. The van der Waals surface area contributed by atoms with Crippen LogP contribution in [0.3, 0.4) is 0 Å². The van der Waals surface area contributed by atoms with Crippen molar-refractivity contribution in [1.82, 2.24) is 9.80 Å². The van der Waals surface area contributed by atoms with E-state index in [1.54, 1.807) is 0 Å². The number of likely N-dealkylation sites (tertiary alicyclic amines) is 1. The second-order valence-corrected chi connectivity index (χ2v) is 6.25. The second kappa shape index (κ2) is 5.25. The first-order valence-corrected chi connectivity index (χ1v) is 7.26. The molecule has 100 valence electrons. The van der Waals surface area contributed by atoms with Crippen LogP contribution in [0, 0.1) is 0 Å². The van der Waals surface area contributed by atoms with E-state index in [-0.39, 0.29) is 5.54 Å². The van der Waals surface area contributed by atoms with Crippen LogP contribution in [0.1, 0.15) is 46.0 Å². The third-order valence-corrected chi connectivity index (χ3v) is 4.90. The van der Waals surface area contributed by atoms with Crippen LogP contribution in [-0.4, -0.2) is 54.1 Å². The van der Waals surface area contributed by atoms with E-state index in [1.165, 1.54) is 45.2 Å². The molecule has 0 aromatic carbocycles. The molecule has 0 aromatic heterocycles. The highest BCUT2D eigenvalue weighted by molar-refractivity contribution is 4.99. The minimum atomic E-state index is 0.283. The Morgan fingerprint density at radius 3 is 2.53 bits per heavy atom. The predicted molar refractivity (Wildman–Crippen MR) is 73.1 cm³/mol. The van der Waals surface area contributed by atoms with E-state index in [1.807, 2.05) is 0 Å². The summed E-state index contributed by atoms with van der Waals surface area (Å²) in [5, 5.41) is 0. The van der Waals surface area contributed by atoms with Gasteiger partial charge in [-0.05, 0) is 59.5 Å². The summed E-state index contributed by atoms with van der Waals surface area (Å²) >= 11 is 0. The van der Waals surface area contributed by atoms with Crippen molar-refractivity contribution in [2.75, 3.05) is 26.7 Å². The molecular weight excluding hydrogens is 210 g/mol. The molecule has 2 aliphatic rings. The highest BCUT2D eigenvalue weighted by Crippen LogP contribution is 2.36. The third kappa shape index (κ3) is 2.83. The number of rotatable bonds is 4. The molecule has 0 spiro atoms. The molecule has 1 aliphatic carbocycles. The minimum Gasteiger partial charge on any atom is -0.329 e. The number of nitrogens with zero attached hydrogens (tertiary/aromatic N) is 2. The Kier molecular flexibility index (Phi) is 4.11. The summed E-state index contributed by atoms with van der Waals surface area (Å²) < 4.78 is 0. The summed E-state index contributed by atoms with van der Waals surface area (Å²) in [6, 6.07) is 1.50.